The van der Waals surface area contributed by atoms with Gasteiger partial charge in [-0.25, -0.2) is 59.8 Å². The van der Waals surface area contributed by atoms with Crippen molar-refractivity contribution in [2.75, 3.05) is 0 Å². The third kappa shape index (κ3) is 31.4. The zero-order chi connectivity index (χ0) is 69.9. The molecule has 0 aliphatic rings. The third-order valence-electron chi connectivity index (χ3n) is 10.8. The average molecular weight is 1430 g/mol. The fourth-order valence-electron chi connectivity index (χ4n) is 6.90. The summed E-state index contributed by atoms with van der Waals surface area (Å²) in [4.78, 5) is 74.3. The van der Waals surface area contributed by atoms with Gasteiger partial charge in [-0.15, -0.1) is 0 Å². The number of halogens is 12. The molecular formula is C66H36F12FeN18P2. The molecular weight excluding hydrogens is 1390 g/mol. The normalized spacial score (nSPS) is 11.4. The van der Waals surface area contributed by atoms with Crippen LogP contribution < -0.4 is 0 Å². The van der Waals surface area contributed by atoms with Gasteiger partial charge in [-0.3, -0.25) is 29.9 Å². The summed E-state index contributed by atoms with van der Waals surface area (Å²) in [6.07, 6.45) is 29.0. The summed E-state index contributed by atoms with van der Waals surface area (Å²) >= 11 is 0. The fraction of sp³-hybridized carbons (Fsp3) is 0. The molecule has 12 rings (SSSR count). The Bertz CT molecular complexity index is 4330. The van der Waals surface area contributed by atoms with Crippen molar-refractivity contribution < 1.29 is 67.4 Å². The van der Waals surface area contributed by atoms with Crippen molar-refractivity contribution in [3.63, 3.8) is 0 Å². The summed E-state index contributed by atoms with van der Waals surface area (Å²) in [5.74, 6) is 36.5. The molecule has 12 aromatic heterocycles. The Morgan fingerprint density at radius 2 is 0.333 bits per heavy atom. The zero-order valence-corrected chi connectivity index (χ0v) is 52.5. The maximum atomic E-state index is 9.87. The maximum Gasteiger partial charge on any atom is 2.00 e. The van der Waals surface area contributed by atoms with Crippen molar-refractivity contribution in [3.8, 4) is 105 Å². The van der Waals surface area contributed by atoms with E-state index in [4.69, 9.17) is 0 Å². The van der Waals surface area contributed by atoms with Crippen LogP contribution in [0.2, 0.25) is 0 Å². The summed E-state index contributed by atoms with van der Waals surface area (Å²) in [6, 6.07) is 32.9. The van der Waals surface area contributed by atoms with Gasteiger partial charge < -0.3 is 0 Å². The minimum atomic E-state index is -10.7. The van der Waals surface area contributed by atoms with Gasteiger partial charge in [-0.1, -0.05) is 35.5 Å². The molecule has 12 heterocycles. The molecule has 0 spiro atoms. The first-order chi connectivity index (χ1) is 46.5. The minimum Gasteiger partial charge on any atom is 2.00 e. The Morgan fingerprint density at radius 3 is 0.455 bits per heavy atom. The zero-order valence-electron chi connectivity index (χ0n) is 49.6. The largest absolute Gasteiger partial charge is 2.00 e. The second kappa shape index (κ2) is 32.1. The van der Waals surface area contributed by atoms with E-state index in [2.05, 4.69) is 161 Å². The second-order valence-electron chi connectivity index (χ2n) is 18.6. The van der Waals surface area contributed by atoms with E-state index in [-0.39, 0.29) is 17.1 Å². The van der Waals surface area contributed by atoms with Crippen LogP contribution in [0.4, 0.5) is 50.4 Å². The summed E-state index contributed by atoms with van der Waals surface area (Å²) in [6.45, 7) is 0. The summed E-state index contributed by atoms with van der Waals surface area (Å²) in [5.41, 5.74) is 13.2. The van der Waals surface area contributed by atoms with Gasteiger partial charge in [0.25, 0.3) is 0 Å². The molecule has 12 aromatic rings. The van der Waals surface area contributed by atoms with Crippen LogP contribution in [0.1, 0.15) is 67.5 Å². The monoisotopic (exact) mass is 1430 g/mol. The van der Waals surface area contributed by atoms with Crippen molar-refractivity contribution in [2.24, 2.45) is 0 Å². The fourth-order valence-corrected chi connectivity index (χ4v) is 6.90. The van der Waals surface area contributed by atoms with Crippen LogP contribution in [0.25, 0.3) is 34.2 Å². The molecule has 0 aliphatic carbocycles. The molecule has 0 aliphatic heterocycles. The Labute approximate surface area is 564 Å². The van der Waals surface area contributed by atoms with Crippen LogP contribution in [-0.4, -0.2) is 89.7 Å². The van der Waals surface area contributed by atoms with Gasteiger partial charge in [-0.2, -0.15) is 0 Å². The van der Waals surface area contributed by atoms with Crippen molar-refractivity contribution in [1.82, 2.24) is 89.7 Å². The first-order valence-electron chi connectivity index (χ1n) is 27.1. The van der Waals surface area contributed by atoms with Crippen LogP contribution in [0.5, 0.6) is 0 Å². The first kappa shape index (κ1) is 73.7. The Morgan fingerprint density at radius 1 is 0.192 bits per heavy atom. The van der Waals surface area contributed by atoms with Crippen LogP contribution >= 0.6 is 15.6 Å². The Kier molecular flexibility index (Phi) is 23.9. The van der Waals surface area contributed by atoms with E-state index in [1.165, 1.54) is 38.0 Å². The number of nitrogens with zero attached hydrogens (tertiary/aromatic N) is 18. The van der Waals surface area contributed by atoms with E-state index in [9.17, 15) is 50.4 Å². The topological polar surface area (TPSA) is 232 Å². The number of hydrogen-bond acceptors (Lipinski definition) is 18. The first-order valence-corrected chi connectivity index (χ1v) is 31.1. The molecule has 0 atom stereocenters. The summed E-state index contributed by atoms with van der Waals surface area (Å²) in [5, 5.41) is 0. The molecule has 0 radical (unpaired) electrons. The van der Waals surface area contributed by atoms with Crippen LogP contribution in [0, 0.1) is 71.0 Å². The Balaban J connectivity index is 0.000000189. The SMILES string of the molecule is C(#Cc1ccncn1)c1ccnc(-c2cc(C#Cc3ccncn3)ccn2)c1.C(#Cc1ccncn1)c1ccnc(-c2cc(C#Cc3ccncn3)ccn2)c1.C(#Cc1ccncn1)c1ccnc(-c2cc(C#Cc3ccncn3)ccn2)c1.F[P-](F)(F)(F)(F)F.F[P-](F)(F)(F)(F)F.[Fe+2]. The number of rotatable bonds is 3. The van der Waals surface area contributed by atoms with E-state index in [1.807, 2.05) is 72.8 Å². The quantitative estimate of drug-likeness (QED) is 0.0692. The van der Waals surface area contributed by atoms with Crippen molar-refractivity contribution in [1.29, 1.82) is 0 Å². The van der Waals surface area contributed by atoms with Crippen LogP contribution in [0.3, 0.4) is 0 Å². The molecule has 0 saturated carbocycles. The van der Waals surface area contributed by atoms with E-state index < -0.39 is 15.6 Å². The molecule has 0 N–H and O–H groups in total. The Hall–Kier alpha value is -12.7. The van der Waals surface area contributed by atoms with Crippen molar-refractivity contribution >= 4 is 15.6 Å². The molecule has 18 nitrogen and oxygen atoms in total. The molecule has 492 valence electrons. The molecule has 0 unspecified atom stereocenters. The second-order valence-corrected chi connectivity index (χ2v) is 22.4. The van der Waals surface area contributed by atoms with Crippen molar-refractivity contribution in [2.45, 2.75) is 0 Å². The summed E-state index contributed by atoms with van der Waals surface area (Å²) in [7, 11) is -21.3. The number of pyridine rings is 6. The van der Waals surface area contributed by atoms with Gasteiger partial charge in [0.05, 0.1) is 34.2 Å². The third-order valence-corrected chi connectivity index (χ3v) is 10.8. The predicted molar refractivity (Wildman–Crippen MR) is 338 cm³/mol. The molecule has 0 bridgehead atoms. The van der Waals surface area contributed by atoms with E-state index in [1.54, 1.807) is 111 Å². The number of hydrogen-bond donors (Lipinski definition) is 0. The minimum absolute atomic E-state index is 0. The number of aromatic nitrogens is 18. The van der Waals surface area contributed by atoms with Crippen LogP contribution in [-0.2, 0) is 17.1 Å². The maximum absolute atomic E-state index is 10.7. The van der Waals surface area contributed by atoms with E-state index >= 15 is 0 Å². The molecule has 0 saturated heterocycles. The molecule has 0 amide bonds. The van der Waals surface area contributed by atoms with Gasteiger partial charge in [0.15, 0.2) is 0 Å². The standard InChI is InChI=1S/3C22H12N6.2F6P.Fe/c3*1(3-19-7-9-23-15-27-19)17-5-11-25-21(13-17)22-14-18(6-12-26-22)2-4-20-8-10-24-16-28-20;2*1-7(2,3,4,5)6;/h3*5-16H;;;/q;;;2*-1;+2. The van der Waals surface area contributed by atoms with E-state index in [0.717, 1.165) is 67.5 Å². The predicted octanol–water partition coefficient (Wildman–Crippen LogP) is 14.3. The van der Waals surface area contributed by atoms with Gasteiger partial charge in [-0.05, 0) is 145 Å². The van der Waals surface area contributed by atoms with Gasteiger partial charge in [0, 0.05) is 108 Å². The smallest absolute Gasteiger partial charge is 2.00 e. The molecule has 0 aromatic carbocycles. The molecule has 99 heavy (non-hydrogen) atoms. The summed E-state index contributed by atoms with van der Waals surface area (Å²) < 4.78 is 118. The van der Waals surface area contributed by atoms with Gasteiger partial charge in [0.2, 0.25) is 0 Å². The van der Waals surface area contributed by atoms with E-state index in [0.29, 0.717) is 34.2 Å². The van der Waals surface area contributed by atoms with Crippen molar-refractivity contribution in [3.05, 3.63) is 289 Å². The molecule has 33 heteroatoms. The van der Waals surface area contributed by atoms with Gasteiger partial charge in [0.1, 0.15) is 72.1 Å². The molecule has 0 fully saturated rings. The average Bonchev–Trinajstić information content (AvgIpc) is 0.794. The van der Waals surface area contributed by atoms with Crippen LogP contribution in [0.15, 0.2) is 222 Å². The van der Waals surface area contributed by atoms with Gasteiger partial charge >= 0.3 is 83.0 Å².